The van der Waals surface area contributed by atoms with Crippen molar-refractivity contribution >= 4 is 11.7 Å². The Balaban J connectivity index is 1.44. The highest BCUT2D eigenvalue weighted by Crippen LogP contribution is 2.21. The minimum Gasteiger partial charge on any atom is -0.492 e. The van der Waals surface area contributed by atoms with Crippen LogP contribution in [-0.4, -0.2) is 41.4 Å². The molecule has 1 aliphatic rings. The van der Waals surface area contributed by atoms with Crippen molar-refractivity contribution in [1.29, 1.82) is 0 Å². The zero-order chi connectivity index (χ0) is 17.8. The number of carbonyl (C=O) groups is 1. The van der Waals surface area contributed by atoms with Gasteiger partial charge in [0, 0.05) is 31.6 Å². The second kappa shape index (κ2) is 7.57. The number of anilines is 1. The van der Waals surface area contributed by atoms with Gasteiger partial charge in [0.25, 0.3) is 5.91 Å². The van der Waals surface area contributed by atoms with Gasteiger partial charge in [-0.15, -0.1) is 0 Å². The van der Waals surface area contributed by atoms with Gasteiger partial charge in [0.2, 0.25) is 0 Å². The van der Waals surface area contributed by atoms with E-state index in [1.165, 1.54) is 11.8 Å². The Bertz CT molecular complexity index is 726. The first kappa shape index (κ1) is 17.3. The number of benzene rings is 1. The standard InChI is InChI=1S/C18H25N5O2/c1-12-3-5-15(6-4-12)25-11-13(2)20-7-14-8-21-18-16(17(19)24)9-22-23(18)10-14/h3-6,9,13-14,20-21H,7-8,10-11H2,1-2H3,(H2,19,24)/t13-,14+/m0/s1. The normalized spacial score (nSPS) is 17.4. The van der Waals surface area contributed by atoms with Gasteiger partial charge in [-0.2, -0.15) is 5.10 Å². The van der Waals surface area contributed by atoms with Crippen LogP contribution in [0.1, 0.15) is 22.8 Å². The van der Waals surface area contributed by atoms with E-state index >= 15 is 0 Å². The van der Waals surface area contributed by atoms with Crippen LogP contribution in [0, 0.1) is 12.8 Å². The Hall–Kier alpha value is -2.54. The van der Waals surface area contributed by atoms with Crippen molar-refractivity contribution in [1.82, 2.24) is 15.1 Å². The lowest BCUT2D eigenvalue weighted by molar-refractivity contribution is 0.100. The van der Waals surface area contributed by atoms with Crippen molar-refractivity contribution in [3.05, 3.63) is 41.6 Å². The molecule has 0 spiro atoms. The average Bonchev–Trinajstić information content (AvgIpc) is 3.03. The molecule has 0 saturated heterocycles. The molecule has 1 aliphatic heterocycles. The quantitative estimate of drug-likeness (QED) is 0.706. The Labute approximate surface area is 147 Å². The number of nitrogens with two attached hydrogens (primary N) is 1. The van der Waals surface area contributed by atoms with Gasteiger partial charge in [-0.3, -0.25) is 4.79 Å². The first-order valence-electron chi connectivity index (χ1n) is 8.55. The zero-order valence-electron chi connectivity index (χ0n) is 14.7. The van der Waals surface area contributed by atoms with Gasteiger partial charge < -0.3 is 21.1 Å². The smallest absolute Gasteiger partial charge is 0.254 e. The Morgan fingerprint density at radius 1 is 1.48 bits per heavy atom. The largest absolute Gasteiger partial charge is 0.492 e. The van der Waals surface area contributed by atoms with Crippen LogP contribution < -0.4 is 21.1 Å². The highest BCUT2D eigenvalue weighted by atomic mass is 16.5. The molecule has 25 heavy (non-hydrogen) atoms. The summed E-state index contributed by atoms with van der Waals surface area (Å²) in [6, 6.07) is 8.30. The molecule has 4 N–H and O–H groups in total. The second-order valence-electron chi connectivity index (χ2n) is 6.63. The van der Waals surface area contributed by atoms with Gasteiger partial charge >= 0.3 is 0 Å². The summed E-state index contributed by atoms with van der Waals surface area (Å²) < 4.78 is 7.61. The highest BCUT2D eigenvalue weighted by Gasteiger charge is 2.23. The number of hydrogen-bond donors (Lipinski definition) is 3. The molecule has 0 aliphatic carbocycles. The van der Waals surface area contributed by atoms with Crippen molar-refractivity contribution in [2.75, 3.05) is 25.0 Å². The molecule has 7 nitrogen and oxygen atoms in total. The van der Waals surface area contributed by atoms with Crippen LogP contribution in [0.25, 0.3) is 0 Å². The molecule has 2 heterocycles. The number of rotatable bonds is 7. The third kappa shape index (κ3) is 4.30. The monoisotopic (exact) mass is 343 g/mol. The van der Waals surface area contributed by atoms with Crippen LogP contribution in [0.4, 0.5) is 5.82 Å². The fourth-order valence-corrected chi connectivity index (χ4v) is 2.86. The zero-order valence-corrected chi connectivity index (χ0v) is 14.7. The summed E-state index contributed by atoms with van der Waals surface area (Å²) in [5.74, 6) is 1.54. The molecule has 1 amide bonds. The van der Waals surface area contributed by atoms with Gasteiger partial charge in [0.1, 0.15) is 23.7 Å². The molecule has 0 fully saturated rings. The Kier molecular flexibility index (Phi) is 5.23. The van der Waals surface area contributed by atoms with Crippen molar-refractivity contribution in [2.45, 2.75) is 26.4 Å². The molecule has 2 aromatic rings. The fraction of sp³-hybridized carbons (Fsp3) is 0.444. The Morgan fingerprint density at radius 3 is 2.96 bits per heavy atom. The first-order valence-corrected chi connectivity index (χ1v) is 8.55. The van der Waals surface area contributed by atoms with Crippen LogP contribution in [0.3, 0.4) is 0 Å². The molecule has 0 unspecified atom stereocenters. The lowest BCUT2D eigenvalue weighted by Crippen LogP contribution is -2.40. The molecule has 3 rings (SSSR count). The number of amides is 1. The van der Waals surface area contributed by atoms with Crippen molar-refractivity contribution in [3.8, 4) is 5.75 Å². The van der Waals surface area contributed by atoms with Crippen LogP contribution in [-0.2, 0) is 6.54 Å². The van der Waals surface area contributed by atoms with Crippen molar-refractivity contribution in [3.63, 3.8) is 0 Å². The maximum absolute atomic E-state index is 11.3. The topological polar surface area (TPSA) is 94.2 Å². The summed E-state index contributed by atoms with van der Waals surface area (Å²) in [4.78, 5) is 11.3. The minimum absolute atomic E-state index is 0.238. The molecular weight excluding hydrogens is 318 g/mol. The maximum Gasteiger partial charge on any atom is 0.254 e. The van der Waals surface area contributed by atoms with E-state index in [1.807, 2.05) is 28.9 Å². The highest BCUT2D eigenvalue weighted by molar-refractivity contribution is 5.97. The van der Waals surface area contributed by atoms with Gasteiger partial charge in [0.15, 0.2) is 0 Å². The predicted octanol–water partition coefficient (Wildman–Crippen LogP) is 1.39. The minimum atomic E-state index is -0.452. The number of ether oxygens (including phenoxy) is 1. The summed E-state index contributed by atoms with van der Waals surface area (Å²) in [6.45, 7) is 7.16. The van der Waals surface area contributed by atoms with Gasteiger partial charge in [0.05, 0.1) is 6.20 Å². The van der Waals surface area contributed by atoms with E-state index in [0.29, 0.717) is 18.1 Å². The molecule has 1 aromatic carbocycles. The van der Waals surface area contributed by atoms with E-state index in [1.54, 1.807) is 0 Å². The first-order chi connectivity index (χ1) is 12.0. The van der Waals surface area contributed by atoms with E-state index in [0.717, 1.165) is 31.2 Å². The number of nitrogens with zero attached hydrogens (tertiary/aromatic N) is 2. The number of aromatic nitrogens is 2. The van der Waals surface area contributed by atoms with Gasteiger partial charge in [-0.1, -0.05) is 17.7 Å². The van der Waals surface area contributed by atoms with E-state index in [9.17, 15) is 4.79 Å². The number of aryl methyl sites for hydroxylation is 1. The number of hydrogen-bond acceptors (Lipinski definition) is 5. The van der Waals surface area contributed by atoms with Crippen molar-refractivity contribution in [2.24, 2.45) is 11.7 Å². The molecule has 1 aromatic heterocycles. The lowest BCUT2D eigenvalue weighted by Gasteiger charge is -2.27. The third-order valence-corrected chi connectivity index (χ3v) is 4.37. The van der Waals surface area contributed by atoms with Crippen LogP contribution >= 0.6 is 0 Å². The SMILES string of the molecule is Cc1ccc(OC[C@H](C)NC[C@@H]2CNc3c(C(N)=O)cnn3C2)cc1. The van der Waals surface area contributed by atoms with Gasteiger partial charge in [-0.25, -0.2) is 4.68 Å². The summed E-state index contributed by atoms with van der Waals surface area (Å²) in [7, 11) is 0. The Morgan fingerprint density at radius 2 is 2.24 bits per heavy atom. The number of nitrogens with one attached hydrogen (secondary N) is 2. The predicted molar refractivity (Wildman–Crippen MR) is 96.9 cm³/mol. The molecule has 0 bridgehead atoms. The molecule has 0 radical (unpaired) electrons. The van der Waals surface area contributed by atoms with Crippen molar-refractivity contribution < 1.29 is 9.53 Å². The second-order valence-corrected chi connectivity index (χ2v) is 6.63. The van der Waals surface area contributed by atoms with Crippen LogP contribution in [0.2, 0.25) is 0 Å². The summed E-state index contributed by atoms with van der Waals surface area (Å²) in [5, 5.41) is 11.0. The maximum atomic E-state index is 11.3. The molecule has 134 valence electrons. The van der Waals surface area contributed by atoms with E-state index < -0.39 is 5.91 Å². The molecule has 0 saturated carbocycles. The summed E-state index contributed by atoms with van der Waals surface area (Å²) in [5.41, 5.74) is 7.02. The molecule has 7 heteroatoms. The number of primary amides is 1. The fourth-order valence-electron chi connectivity index (χ4n) is 2.86. The third-order valence-electron chi connectivity index (χ3n) is 4.37. The summed E-state index contributed by atoms with van der Waals surface area (Å²) >= 11 is 0. The molecular formula is C18H25N5O2. The van der Waals surface area contributed by atoms with E-state index in [-0.39, 0.29) is 6.04 Å². The number of carbonyl (C=O) groups excluding carboxylic acids is 1. The lowest BCUT2D eigenvalue weighted by atomic mass is 10.1. The van der Waals surface area contributed by atoms with Crippen LogP contribution in [0.5, 0.6) is 5.75 Å². The number of fused-ring (bicyclic) bond motifs is 1. The van der Waals surface area contributed by atoms with E-state index in [2.05, 4.69) is 29.6 Å². The average molecular weight is 343 g/mol. The van der Waals surface area contributed by atoms with Gasteiger partial charge in [-0.05, 0) is 26.0 Å². The summed E-state index contributed by atoms with van der Waals surface area (Å²) in [6.07, 6.45) is 1.53. The van der Waals surface area contributed by atoms with Crippen LogP contribution in [0.15, 0.2) is 30.5 Å². The van der Waals surface area contributed by atoms with E-state index in [4.69, 9.17) is 10.5 Å². The molecule has 2 atom stereocenters.